The summed E-state index contributed by atoms with van der Waals surface area (Å²) < 4.78 is 10.3. The predicted molar refractivity (Wildman–Crippen MR) is 86.0 cm³/mol. The number of nitrogens with zero attached hydrogens (tertiary/aromatic N) is 2. The van der Waals surface area contributed by atoms with E-state index in [9.17, 15) is 9.59 Å². The molecule has 0 unspecified atom stereocenters. The molecule has 1 heterocycles. The van der Waals surface area contributed by atoms with E-state index in [1.165, 1.54) is 30.7 Å². The van der Waals surface area contributed by atoms with Gasteiger partial charge in [-0.05, 0) is 35.5 Å². The molecular formula is C15H16N2O4S. The lowest BCUT2D eigenvalue weighted by Gasteiger charge is -2.08. The molecule has 1 saturated heterocycles. The first-order chi connectivity index (χ1) is 10.5. The summed E-state index contributed by atoms with van der Waals surface area (Å²) in [6.07, 6.45) is 1.75. The smallest absolute Gasteiger partial charge is 0.308 e. The van der Waals surface area contributed by atoms with Crippen LogP contribution in [-0.4, -0.2) is 43.1 Å². The molecule has 1 aromatic carbocycles. The minimum atomic E-state index is -0.420. The first kappa shape index (κ1) is 16.1. The maximum atomic E-state index is 12.1. The molecule has 0 N–H and O–H groups in total. The molecule has 0 radical (unpaired) electrons. The van der Waals surface area contributed by atoms with E-state index >= 15 is 0 Å². The van der Waals surface area contributed by atoms with Crippen molar-refractivity contribution >= 4 is 34.9 Å². The number of hydrogen-bond acceptors (Lipinski definition) is 6. The minimum Gasteiger partial charge on any atom is -0.493 e. The van der Waals surface area contributed by atoms with Crippen LogP contribution >= 0.6 is 11.8 Å². The summed E-state index contributed by atoms with van der Waals surface area (Å²) >= 11 is 1.31. The fourth-order valence-electron chi connectivity index (χ4n) is 1.91. The summed E-state index contributed by atoms with van der Waals surface area (Å²) in [5.41, 5.74) is 0.773. The van der Waals surface area contributed by atoms with E-state index in [0.29, 0.717) is 21.6 Å². The third-order valence-corrected chi connectivity index (χ3v) is 4.09. The molecule has 0 aliphatic carbocycles. The van der Waals surface area contributed by atoms with Crippen molar-refractivity contribution in [2.75, 3.05) is 21.2 Å². The average Bonchev–Trinajstić information content (AvgIpc) is 2.76. The quantitative estimate of drug-likeness (QED) is 0.485. The highest BCUT2D eigenvalue weighted by molar-refractivity contribution is 8.18. The van der Waals surface area contributed by atoms with E-state index in [0.717, 1.165) is 5.56 Å². The molecule has 1 amide bonds. The van der Waals surface area contributed by atoms with Crippen molar-refractivity contribution in [1.29, 1.82) is 0 Å². The first-order valence-electron chi connectivity index (χ1n) is 6.47. The van der Waals surface area contributed by atoms with Gasteiger partial charge < -0.3 is 9.47 Å². The van der Waals surface area contributed by atoms with Gasteiger partial charge in [-0.3, -0.25) is 19.5 Å². The molecule has 2 rings (SSSR count). The predicted octanol–water partition coefficient (Wildman–Crippen LogP) is 2.15. The molecular weight excluding hydrogens is 304 g/mol. The van der Waals surface area contributed by atoms with Gasteiger partial charge in [0.15, 0.2) is 16.7 Å². The number of amidine groups is 1. The Kier molecular flexibility index (Phi) is 4.87. The Morgan fingerprint density at radius 3 is 2.64 bits per heavy atom. The highest BCUT2D eigenvalue weighted by atomic mass is 32.2. The van der Waals surface area contributed by atoms with Crippen LogP contribution in [0.25, 0.3) is 6.08 Å². The van der Waals surface area contributed by atoms with Crippen molar-refractivity contribution in [2.45, 2.75) is 6.92 Å². The Bertz CT molecular complexity index is 682. The van der Waals surface area contributed by atoms with Gasteiger partial charge >= 0.3 is 5.97 Å². The summed E-state index contributed by atoms with van der Waals surface area (Å²) in [5.74, 6) is 0.248. The molecule has 0 atom stereocenters. The number of carbonyl (C=O) groups is 2. The molecule has 0 saturated carbocycles. The zero-order valence-corrected chi connectivity index (χ0v) is 13.6. The van der Waals surface area contributed by atoms with Crippen LogP contribution < -0.4 is 9.47 Å². The van der Waals surface area contributed by atoms with Gasteiger partial charge in [-0.25, -0.2) is 0 Å². The van der Waals surface area contributed by atoms with E-state index in [1.54, 1.807) is 38.4 Å². The number of benzene rings is 1. The van der Waals surface area contributed by atoms with E-state index in [-0.39, 0.29) is 5.91 Å². The number of esters is 1. The van der Waals surface area contributed by atoms with Crippen molar-refractivity contribution < 1.29 is 19.1 Å². The maximum absolute atomic E-state index is 12.1. The number of likely N-dealkylation sites (N-methyl/N-ethyl adjacent to an activating group) is 1. The Morgan fingerprint density at radius 1 is 1.36 bits per heavy atom. The molecule has 1 aromatic rings. The van der Waals surface area contributed by atoms with Gasteiger partial charge in [0.2, 0.25) is 0 Å². The van der Waals surface area contributed by atoms with E-state index in [2.05, 4.69) is 4.99 Å². The van der Waals surface area contributed by atoms with Crippen molar-refractivity contribution in [3.05, 3.63) is 28.7 Å². The van der Waals surface area contributed by atoms with Crippen LogP contribution in [0, 0.1) is 0 Å². The fourth-order valence-corrected chi connectivity index (χ4v) is 2.84. The Morgan fingerprint density at radius 2 is 2.09 bits per heavy atom. The molecule has 0 bridgehead atoms. The number of hydrogen-bond donors (Lipinski definition) is 0. The second-order valence-electron chi connectivity index (χ2n) is 4.48. The Labute approximate surface area is 132 Å². The number of methoxy groups -OCH3 is 1. The van der Waals surface area contributed by atoms with Gasteiger partial charge in [0.25, 0.3) is 5.91 Å². The summed E-state index contributed by atoms with van der Waals surface area (Å²) in [4.78, 5) is 29.3. The maximum Gasteiger partial charge on any atom is 0.308 e. The van der Waals surface area contributed by atoms with Gasteiger partial charge in [0.1, 0.15) is 0 Å². The lowest BCUT2D eigenvalue weighted by molar-refractivity contribution is -0.132. The van der Waals surface area contributed by atoms with Crippen LogP contribution in [0.2, 0.25) is 0 Å². The zero-order chi connectivity index (χ0) is 16.3. The summed E-state index contributed by atoms with van der Waals surface area (Å²) in [5, 5.41) is 0.653. The van der Waals surface area contributed by atoms with Gasteiger partial charge in [-0.1, -0.05) is 6.07 Å². The second-order valence-corrected chi connectivity index (χ2v) is 5.49. The number of carbonyl (C=O) groups excluding carboxylic acids is 2. The monoisotopic (exact) mass is 320 g/mol. The van der Waals surface area contributed by atoms with Gasteiger partial charge in [-0.2, -0.15) is 0 Å². The molecule has 1 aliphatic rings. The summed E-state index contributed by atoms with van der Waals surface area (Å²) in [6, 6.07) is 5.10. The van der Waals surface area contributed by atoms with Crippen molar-refractivity contribution in [3.63, 3.8) is 0 Å². The summed E-state index contributed by atoms with van der Waals surface area (Å²) in [7, 11) is 4.82. The second kappa shape index (κ2) is 6.65. The van der Waals surface area contributed by atoms with Crippen molar-refractivity contribution in [2.24, 2.45) is 4.99 Å². The number of ether oxygens (including phenoxy) is 2. The Balaban J connectivity index is 2.32. The van der Waals surface area contributed by atoms with Gasteiger partial charge in [-0.15, -0.1) is 0 Å². The highest BCUT2D eigenvalue weighted by Crippen LogP contribution is 2.33. The molecule has 7 heteroatoms. The van der Waals surface area contributed by atoms with E-state index < -0.39 is 5.97 Å². The largest absolute Gasteiger partial charge is 0.493 e. The van der Waals surface area contributed by atoms with Crippen molar-refractivity contribution in [3.8, 4) is 11.5 Å². The Hall–Kier alpha value is -2.28. The molecule has 1 aliphatic heterocycles. The lowest BCUT2D eigenvalue weighted by Crippen LogP contribution is -2.23. The molecule has 116 valence electrons. The number of aliphatic imine (C=N–C) groups is 1. The van der Waals surface area contributed by atoms with E-state index in [4.69, 9.17) is 9.47 Å². The molecule has 6 nitrogen and oxygen atoms in total. The van der Waals surface area contributed by atoms with Crippen LogP contribution in [0.1, 0.15) is 12.5 Å². The highest BCUT2D eigenvalue weighted by Gasteiger charge is 2.29. The minimum absolute atomic E-state index is 0.103. The third-order valence-electron chi connectivity index (χ3n) is 2.93. The van der Waals surface area contributed by atoms with Crippen molar-refractivity contribution in [1.82, 2.24) is 4.90 Å². The van der Waals surface area contributed by atoms with Gasteiger partial charge in [0.05, 0.1) is 12.0 Å². The number of amides is 1. The van der Waals surface area contributed by atoms with Gasteiger partial charge in [0, 0.05) is 21.0 Å². The standard InChI is InChI=1S/C15H16N2O4S/c1-9(18)21-11-6-5-10(7-12(11)20-4)8-13-14(19)17(3)15(16-2)22-13/h5-8H,1-4H3/b13-8-,16-15?. The van der Waals surface area contributed by atoms with Crippen LogP contribution in [0.3, 0.4) is 0 Å². The SMILES string of the molecule is CN=C1S/C(=C\c2ccc(OC(C)=O)c(OC)c2)C(=O)N1C. The normalized spacial score (nSPS) is 18.2. The van der Waals surface area contributed by atoms with Crippen LogP contribution in [-0.2, 0) is 9.59 Å². The topological polar surface area (TPSA) is 68.2 Å². The number of rotatable bonds is 3. The molecule has 0 spiro atoms. The first-order valence-corrected chi connectivity index (χ1v) is 7.28. The van der Waals surface area contributed by atoms with E-state index in [1.807, 2.05) is 0 Å². The van der Waals surface area contributed by atoms with Crippen LogP contribution in [0.5, 0.6) is 11.5 Å². The average molecular weight is 320 g/mol. The zero-order valence-electron chi connectivity index (χ0n) is 12.7. The van der Waals surface area contributed by atoms with Crippen LogP contribution in [0.15, 0.2) is 28.1 Å². The summed E-state index contributed by atoms with van der Waals surface area (Å²) in [6.45, 7) is 1.32. The fraction of sp³-hybridized carbons (Fsp3) is 0.267. The third kappa shape index (κ3) is 3.30. The lowest BCUT2D eigenvalue weighted by atomic mass is 10.2. The molecule has 0 aromatic heterocycles. The molecule has 22 heavy (non-hydrogen) atoms. The van der Waals surface area contributed by atoms with Crippen LogP contribution in [0.4, 0.5) is 0 Å². The molecule has 1 fully saturated rings. The number of thioether (sulfide) groups is 1.